The van der Waals surface area contributed by atoms with Gasteiger partial charge in [-0.3, -0.25) is 4.90 Å². The Balaban J connectivity index is 1.78. The molecule has 1 aliphatic rings. The summed E-state index contributed by atoms with van der Waals surface area (Å²) in [7, 11) is -3.46. The molecule has 3 aromatic heterocycles. The van der Waals surface area contributed by atoms with E-state index < -0.39 is 15.2 Å². The van der Waals surface area contributed by atoms with Crippen LogP contribution in [0.25, 0.3) is 21.9 Å². The minimum atomic E-state index is -3.46. The molecule has 0 aromatic carbocycles. The zero-order valence-corrected chi connectivity index (χ0v) is 15.2. The van der Waals surface area contributed by atoms with Crippen LogP contribution in [0.4, 0.5) is 0 Å². The highest BCUT2D eigenvalue weighted by atomic mass is 32.2. The summed E-state index contributed by atoms with van der Waals surface area (Å²) in [6.45, 7) is 1.15. The van der Waals surface area contributed by atoms with Crippen molar-refractivity contribution in [2.24, 2.45) is 0 Å². The van der Waals surface area contributed by atoms with Crippen LogP contribution in [0.2, 0.25) is 0 Å². The van der Waals surface area contributed by atoms with E-state index in [4.69, 9.17) is 0 Å². The fourth-order valence-electron chi connectivity index (χ4n) is 3.97. The first kappa shape index (κ1) is 17.1. The molecule has 136 valence electrons. The van der Waals surface area contributed by atoms with Crippen LogP contribution >= 0.6 is 0 Å². The molecule has 7 nitrogen and oxygen atoms in total. The molecule has 0 spiro atoms. The van der Waals surface area contributed by atoms with Crippen molar-refractivity contribution in [1.29, 1.82) is 0 Å². The lowest BCUT2D eigenvalue weighted by Gasteiger charge is -2.35. The molecular weight excluding hydrogens is 352 g/mol. The molecule has 0 aliphatic carbocycles. The number of aldehydes is 1. The highest BCUT2D eigenvalue weighted by molar-refractivity contribution is 7.91. The summed E-state index contributed by atoms with van der Waals surface area (Å²) >= 11 is 0. The number of carbonyl (C=O) groups excluding carboxylic acids is 1. The molecule has 0 amide bonds. The number of pyridine rings is 2. The number of rotatable bonds is 4. The number of hydrogen-bond donors (Lipinski definition) is 1. The molecule has 4 rings (SSSR count). The van der Waals surface area contributed by atoms with Crippen LogP contribution in [0.5, 0.6) is 0 Å². The quantitative estimate of drug-likeness (QED) is 0.702. The van der Waals surface area contributed by atoms with Gasteiger partial charge in [0, 0.05) is 36.0 Å². The van der Waals surface area contributed by atoms with Crippen LogP contribution < -0.4 is 0 Å². The fourth-order valence-corrected chi connectivity index (χ4v) is 4.91. The molecule has 1 fully saturated rings. The first-order valence-electron chi connectivity index (χ1n) is 8.58. The number of aromatic amines is 1. The number of nitrogens with zero attached hydrogens (tertiary/aromatic N) is 3. The lowest BCUT2D eigenvalue weighted by Crippen LogP contribution is -2.46. The molecule has 1 aliphatic heterocycles. The normalized spacial score (nSPS) is 20.4. The Hall–Kier alpha value is -2.32. The molecule has 3 aromatic rings. The Morgan fingerprint density at radius 3 is 2.96 bits per heavy atom. The van der Waals surface area contributed by atoms with E-state index in [1.165, 1.54) is 0 Å². The molecule has 1 saturated heterocycles. The van der Waals surface area contributed by atoms with Gasteiger partial charge in [-0.15, -0.1) is 0 Å². The maximum atomic E-state index is 12.0. The largest absolute Gasteiger partial charge is 0.360 e. The van der Waals surface area contributed by atoms with Crippen LogP contribution in [-0.2, 0) is 14.6 Å². The third-order valence-electron chi connectivity index (χ3n) is 5.13. The molecule has 1 N–H and O–H groups in total. The van der Waals surface area contributed by atoms with Crippen LogP contribution in [0.1, 0.15) is 24.3 Å². The third kappa shape index (κ3) is 2.89. The van der Waals surface area contributed by atoms with Gasteiger partial charge in [0.15, 0.2) is 27.1 Å². The van der Waals surface area contributed by atoms with Crippen molar-refractivity contribution in [2.45, 2.75) is 24.1 Å². The van der Waals surface area contributed by atoms with E-state index in [1.807, 2.05) is 18.3 Å². The van der Waals surface area contributed by atoms with E-state index in [9.17, 15) is 13.2 Å². The van der Waals surface area contributed by atoms with Gasteiger partial charge < -0.3 is 9.78 Å². The van der Waals surface area contributed by atoms with Crippen molar-refractivity contribution >= 4 is 38.1 Å². The zero-order chi connectivity index (χ0) is 18.3. The summed E-state index contributed by atoms with van der Waals surface area (Å²) < 4.78 is 23.9. The van der Waals surface area contributed by atoms with E-state index in [0.717, 1.165) is 41.0 Å². The summed E-state index contributed by atoms with van der Waals surface area (Å²) in [5.41, 5.74) is 2.77. The zero-order valence-electron chi connectivity index (χ0n) is 14.4. The lowest BCUT2D eigenvalue weighted by molar-refractivity contribution is -0.110. The highest BCUT2D eigenvalue weighted by Crippen LogP contribution is 2.35. The van der Waals surface area contributed by atoms with Crippen molar-refractivity contribution in [3.8, 4) is 0 Å². The number of piperidine rings is 1. The van der Waals surface area contributed by atoms with Crippen molar-refractivity contribution in [1.82, 2.24) is 19.9 Å². The number of likely N-dealkylation sites (tertiary alicyclic amines) is 1. The number of fused-ring (bicyclic) bond motifs is 3. The van der Waals surface area contributed by atoms with Crippen LogP contribution in [0.3, 0.4) is 0 Å². The predicted molar refractivity (Wildman–Crippen MR) is 99.6 cm³/mol. The average Bonchev–Trinajstić information content (AvgIpc) is 3.10. The fraction of sp³-hybridized carbons (Fsp3) is 0.389. The van der Waals surface area contributed by atoms with Gasteiger partial charge in [0.25, 0.3) is 0 Å². The summed E-state index contributed by atoms with van der Waals surface area (Å²) in [6, 6.07) is 3.99. The number of sulfone groups is 1. The van der Waals surface area contributed by atoms with Crippen LogP contribution in [0.15, 0.2) is 30.7 Å². The Kier molecular flexibility index (Phi) is 4.24. The number of H-pyrrole nitrogens is 1. The molecule has 2 atom stereocenters. The van der Waals surface area contributed by atoms with E-state index >= 15 is 0 Å². The van der Waals surface area contributed by atoms with Gasteiger partial charge in [-0.25, -0.2) is 18.4 Å². The Labute approximate surface area is 151 Å². The number of aromatic nitrogens is 3. The van der Waals surface area contributed by atoms with E-state index in [1.54, 1.807) is 17.3 Å². The van der Waals surface area contributed by atoms with E-state index in [-0.39, 0.29) is 5.92 Å². The van der Waals surface area contributed by atoms with E-state index in [0.29, 0.717) is 25.0 Å². The van der Waals surface area contributed by atoms with Gasteiger partial charge in [0.1, 0.15) is 0 Å². The maximum Gasteiger partial charge on any atom is 0.170 e. The monoisotopic (exact) mass is 372 g/mol. The second kappa shape index (κ2) is 6.44. The third-order valence-corrected chi connectivity index (χ3v) is 6.42. The number of carbonyl (C=O) groups is 1. The molecule has 0 saturated carbocycles. The Bertz CT molecular complexity index is 1080. The summed E-state index contributed by atoms with van der Waals surface area (Å²) in [5.74, 6) is 0.144. The highest BCUT2D eigenvalue weighted by Gasteiger charge is 2.33. The molecule has 4 heterocycles. The molecule has 0 radical (unpaired) electrons. The van der Waals surface area contributed by atoms with Crippen molar-refractivity contribution in [3.05, 3.63) is 36.3 Å². The Morgan fingerprint density at radius 1 is 1.35 bits per heavy atom. The molecule has 0 bridgehead atoms. The molecule has 26 heavy (non-hydrogen) atoms. The van der Waals surface area contributed by atoms with Gasteiger partial charge >= 0.3 is 0 Å². The first-order valence-corrected chi connectivity index (χ1v) is 10.5. The Morgan fingerprint density at radius 2 is 2.19 bits per heavy atom. The lowest BCUT2D eigenvalue weighted by atomic mass is 9.88. The second-order valence-electron chi connectivity index (χ2n) is 6.85. The van der Waals surface area contributed by atoms with Crippen LogP contribution in [0, 0.1) is 0 Å². The SMILES string of the molecule is CS(=O)(=O)C(C=O)N1CCCC(c2cc[nH]c3cnc4nccc4c23)C1. The first-order chi connectivity index (χ1) is 12.5. The van der Waals surface area contributed by atoms with Crippen molar-refractivity contribution in [3.63, 3.8) is 0 Å². The molecule has 2 unspecified atom stereocenters. The van der Waals surface area contributed by atoms with Crippen molar-refractivity contribution < 1.29 is 13.2 Å². The van der Waals surface area contributed by atoms with Gasteiger partial charge in [-0.05, 0) is 43.0 Å². The summed E-state index contributed by atoms with van der Waals surface area (Å²) in [6.07, 6.45) is 8.85. The number of hydrogen-bond acceptors (Lipinski definition) is 6. The molecule has 8 heteroatoms. The minimum Gasteiger partial charge on any atom is -0.360 e. The topological polar surface area (TPSA) is 96.0 Å². The van der Waals surface area contributed by atoms with Gasteiger partial charge in [0.05, 0.1) is 11.7 Å². The second-order valence-corrected chi connectivity index (χ2v) is 8.99. The smallest absolute Gasteiger partial charge is 0.170 e. The average molecular weight is 372 g/mol. The standard InChI is InChI=1S/C18H20N4O3S/c1-26(24,25)16(11-23)22-8-2-3-12(10-22)13-4-6-19-15-9-21-18-14(17(13)15)5-7-20-18/h4-7,9,11-12,16,19H,2-3,8,10H2,1H3. The summed E-state index contributed by atoms with van der Waals surface area (Å²) in [5, 5.41) is 0.986. The van der Waals surface area contributed by atoms with Crippen LogP contribution in [-0.4, -0.2) is 59.3 Å². The minimum absolute atomic E-state index is 0.144. The summed E-state index contributed by atoms with van der Waals surface area (Å²) in [4.78, 5) is 25.1. The van der Waals surface area contributed by atoms with Crippen molar-refractivity contribution in [2.75, 3.05) is 19.3 Å². The maximum absolute atomic E-state index is 12.0. The molecular formula is C18H20N4O3S. The number of nitrogens with one attached hydrogen (secondary N) is 1. The van der Waals surface area contributed by atoms with E-state index in [2.05, 4.69) is 15.0 Å². The van der Waals surface area contributed by atoms with Gasteiger partial charge in [-0.2, -0.15) is 0 Å². The van der Waals surface area contributed by atoms with Gasteiger partial charge in [0.2, 0.25) is 0 Å². The predicted octanol–water partition coefficient (Wildman–Crippen LogP) is 1.86. The van der Waals surface area contributed by atoms with Gasteiger partial charge in [-0.1, -0.05) is 0 Å².